The molecule has 2 N–H and O–H groups in total. The molecule has 6 nitrogen and oxygen atoms in total. The van der Waals surface area contributed by atoms with Gasteiger partial charge in [-0.1, -0.05) is 11.6 Å². The Balaban J connectivity index is 1.58. The van der Waals surface area contributed by atoms with Crippen LogP contribution in [0.4, 0.5) is 0 Å². The van der Waals surface area contributed by atoms with Gasteiger partial charge in [0.1, 0.15) is 17.1 Å². The van der Waals surface area contributed by atoms with Gasteiger partial charge in [-0.05, 0) is 49.2 Å². The molecule has 2 aromatic carbocycles. The maximum absolute atomic E-state index is 12.7. The molecule has 0 saturated carbocycles. The van der Waals surface area contributed by atoms with E-state index < -0.39 is 5.63 Å². The summed E-state index contributed by atoms with van der Waals surface area (Å²) in [5.41, 5.74) is 2.50. The highest BCUT2D eigenvalue weighted by molar-refractivity contribution is 6.30. The lowest BCUT2D eigenvalue weighted by molar-refractivity contribution is -0.121. The third-order valence-electron chi connectivity index (χ3n) is 5.23. The molecule has 3 aromatic rings. The van der Waals surface area contributed by atoms with Gasteiger partial charge < -0.3 is 19.6 Å². The Bertz CT molecular complexity index is 1180. The Morgan fingerprint density at radius 3 is 2.90 bits per heavy atom. The van der Waals surface area contributed by atoms with Gasteiger partial charge in [-0.25, -0.2) is 4.79 Å². The van der Waals surface area contributed by atoms with Crippen LogP contribution in [0.15, 0.2) is 39.5 Å². The number of rotatable bonds is 4. The predicted molar refractivity (Wildman–Crippen MR) is 110 cm³/mol. The number of carbonyl (C=O) groups excluding carboxylic acids is 1. The van der Waals surface area contributed by atoms with Crippen LogP contribution in [0.3, 0.4) is 0 Å². The van der Waals surface area contributed by atoms with E-state index in [1.54, 1.807) is 19.1 Å². The van der Waals surface area contributed by atoms with Crippen LogP contribution in [0.5, 0.6) is 11.5 Å². The van der Waals surface area contributed by atoms with Crippen LogP contribution in [0, 0.1) is 6.92 Å². The zero-order valence-electron chi connectivity index (χ0n) is 16.0. The van der Waals surface area contributed by atoms with Crippen molar-refractivity contribution in [1.82, 2.24) is 5.32 Å². The second-order valence-corrected chi connectivity index (χ2v) is 7.66. The van der Waals surface area contributed by atoms with Gasteiger partial charge in [-0.3, -0.25) is 4.79 Å². The standard InChI is InChI=1S/C22H20ClNO5/c1-11-16-4-3-15(25)9-19(16)29-22(27)17(11)10-20(26)24-12(2)18-8-14(23)7-13-5-6-28-21(13)18/h3-4,7-9,12,25H,5-6,10H2,1-2H3,(H,24,26). The first-order valence-electron chi connectivity index (χ1n) is 9.33. The molecule has 1 aliphatic rings. The molecule has 1 amide bonds. The maximum Gasteiger partial charge on any atom is 0.340 e. The van der Waals surface area contributed by atoms with Crippen LogP contribution in [-0.4, -0.2) is 17.6 Å². The molecule has 0 fully saturated rings. The summed E-state index contributed by atoms with van der Waals surface area (Å²) in [5.74, 6) is 0.469. The molecule has 1 aromatic heterocycles. The Morgan fingerprint density at radius 2 is 2.10 bits per heavy atom. The summed E-state index contributed by atoms with van der Waals surface area (Å²) in [6, 6.07) is 7.90. The number of fused-ring (bicyclic) bond motifs is 2. The summed E-state index contributed by atoms with van der Waals surface area (Å²) in [6.45, 7) is 4.21. The lowest BCUT2D eigenvalue weighted by Gasteiger charge is -2.18. The van der Waals surface area contributed by atoms with E-state index in [0.29, 0.717) is 28.1 Å². The van der Waals surface area contributed by atoms with Crippen molar-refractivity contribution in [2.75, 3.05) is 6.61 Å². The third kappa shape index (κ3) is 3.68. The van der Waals surface area contributed by atoms with E-state index in [2.05, 4.69) is 5.32 Å². The van der Waals surface area contributed by atoms with Crippen molar-refractivity contribution in [2.45, 2.75) is 32.7 Å². The third-order valence-corrected chi connectivity index (χ3v) is 5.45. The molecule has 29 heavy (non-hydrogen) atoms. The average molecular weight is 414 g/mol. The number of amides is 1. The lowest BCUT2D eigenvalue weighted by atomic mass is 10.0. The number of ether oxygens (including phenoxy) is 1. The molecule has 1 aliphatic heterocycles. The van der Waals surface area contributed by atoms with Crippen LogP contribution in [0.25, 0.3) is 11.0 Å². The summed E-state index contributed by atoms with van der Waals surface area (Å²) in [4.78, 5) is 25.1. The maximum atomic E-state index is 12.7. The highest BCUT2D eigenvalue weighted by Gasteiger charge is 2.23. The molecule has 0 bridgehead atoms. The smallest absolute Gasteiger partial charge is 0.340 e. The number of halogens is 1. The summed E-state index contributed by atoms with van der Waals surface area (Å²) in [6.07, 6.45) is 0.676. The topological polar surface area (TPSA) is 88.8 Å². The summed E-state index contributed by atoms with van der Waals surface area (Å²) >= 11 is 6.21. The van der Waals surface area contributed by atoms with Crippen LogP contribution >= 0.6 is 11.6 Å². The summed E-state index contributed by atoms with van der Waals surface area (Å²) in [7, 11) is 0. The van der Waals surface area contributed by atoms with Crippen molar-refractivity contribution < 1.29 is 19.1 Å². The van der Waals surface area contributed by atoms with Crippen LogP contribution in [-0.2, 0) is 17.6 Å². The molecular weight excluding hydrogens is 394 g/mol. The van der Waals surface area contributed by atoms with Crippen LogP contribution in [0.1, 0.15) is 35.2 Å². The fourth-order valence-electron chi connectivity index (χ4n) is 3.74. The van der Waals surface area contributed by atoms with E-state index in [-0.39, 0.29) is 29.7 Å². The van der Waals surface area contributed by atoms with Gasteiger partial charge in [0.25, 0.3) is 0 Å². The minimum absolute atomic E-state index is 0.00985. The number of aryl methyl sites for hydroxylation is 1. The lowest BCUT2D eigenvalue weighted by Crippen LogP contribution is -2.30. The number of nitrogens with one attached hydrogen (secondary N) is 1. The summed E-state index contributed by atoms with van der Waals surface area (Å²) in [5, 5.41) is 13.8. The minimum atomic E-state index is -0.588. The molecule has 1 unspecified atom stereocenters. The number of phenols is 1. The number of carbonyl (C=O) groups is 1. The zero-order valence-corrected chi connectivity index (χ0v) is 16.8. The predicted octanol–water partition coefficient (Wildman–Crippen LogP) is 3.82. The largest absolute Gasteiger partial charge is 0.508 e. The van der Waals surface area contributed by atoms with Crippen molar-refractivity contribution in [3.63, 3.8) is 0 Å². The summed E-state index contributed by atoms with van der Waals surface area (Å²) < 4.78 is 11.0. The molecule has 0 saturated heterocycles. The van der Waals surface area contributed by atoms with Gasteiger partial charge in [-0.2, -0.15) is 0 Å². The van der Waals surface area contributed by atoms with Gasteiger partial charge in [0, 0.05) is 28.5 Å². The van der Waals surface area contributed by atoms with E-state index in [1.807, 2.05) is 13.0 Å². The molecular formula is C22H20ClNO5. The van der Waals surface area contributed by atoms with Gasteiger partial charge >= 0.3 is 5.63 Å². The van der Waals surface area contributed by atoms with Crippen molar-refractivity contribution in [1.29, 1.82) is 0 Å². The molecule has 2 heterocycles. The Hall–Kier alpha value is -2.99. The van der Waals surface area contributed by atoms with Gasteiger partial charge in [0.15, 0.2) is 0 Å². The molecule has 0 aliphatic carbocycles. The highest BCUT2D eigenvalue weighted by atomic mass is 35.5. The monoisotopic (exact) mass is 413 g/mol. The molecule has 150 valence electrons. The number of hydrogen-bond donors (Lipinski definition) is 2. The Morgan fingerprint density at radius 1 is 1.31 bits per heavy atom. The quantitative estimate of drug-likeness (QED) is 0.635. The number of benzene rings is 2. The van der Waals surface area contributed by atoms with Gasteiger partial charge in [0.05, 0.1) is 24.6 Å². The van der Waals surface area contributed by atoms with Crippen molar-refractivity contribution in [2.24, 2.45) is 0 Å². The molecule has 7 heteroatoms. The molecule has 0 radical (unpaired) electrons. The first-order chi connectivity index (χ1) is 13.8. The highest BCUT2D eigenvalue weighted by Crippen LogP contribution is 2.36. The second-order valence-electron chi connectivity index (χ2n) is 7.22. The Labute approximate surface area is 172 Å². The normalized spacial score (nSPS) is 13.8. The molecule has 0 spiro atoms. The fraction of sp³-hybridized carbons (Fsp3) is 0.273. The minimum Gasteiger partial charge on any atom is -0.508 e. The van der Waals surface area contributed by atoms with Gasteiger partial charge in [-0.15, -0.1) is 0 Å². The Kier molecular flexibility index (Phi) is 4.96. The van der Waals surface area contributed by atoms with Crippen molar-refractivity contribution in [3.05, 3.63) is 68.0 Å². The SMILES string of the molecule is Cc1c(CC(=O)NC(C)c2cc(Cl)cc3c2OCC3)c(=O)oc2cc(O)ccc12. The number of hydrogen-bond acceptors (Lipinski definition) is 5. The first kappa shape index (κ1) is 19.3. The first-order valence-corrected chi connectivity index (χ1v) is 9.71. The van der Waals surface area contributed by atoms with Crippen LogP contribution < -0.4 is 15.7 Å². The second kappa shape index (κ2) is 7.44. The average Bonchev–Trinajstić information content (AvgIpc) is 3.12. The van der Waals surface area contributed by atoms with E-state index >= 15 is 0 Å². The van der Waals surface area contributed by atoms with E-state index in [4.69, 9.17) is 20.8 Å². The number of phenolic OH excluding ortho intramolecular Hbond substituents is 1. The van der Waals surface area contributed by atoms with Crippen LogP contribution in [0.2, 0.25) is 5.02 Å². The molecule has 1 atom stereocenters. The fourth-order valence-corrected chi connectivity index (χ4v) is 3.99. The van der Waals surface area contributed by atoms with E-state index in [1.165, 1.54) is 12.1 Å². The zero-order chi connectivity index (χ0) is 20.7. The van der Waals surface area contributed by atoms with Crippen molar-refractivity contribution >= 4 is 28.5 Å². The van der Waals surface area contributed by atoms with Crippen molar-refractivity contribution in [3.8, 4) is 11.5 Å². The molecule has 4 rings (SSSR count). The van der Waals surface area contributed by atoms with E-state index in [9.17, 15) is 14.7 Å². The van der Waals surface area contributed by atoms with Gasteiger partial charge in [0.2, 0.25) is 5.91 Å². The van der Waals surface area contributed by atoms with E-state index in [0.717, 1.165) is 23.3 Å². The number of aromatic hydroxyl groups is 1.